The van der Waals surface area contributed by atoms with Gasteiger partial charge >= 0.3 is 12.0 Å². The molecule has 154 valence electrons. The third-order valence-electron chi connectivity index (χ3n) is 5.28. The van der Waals surface area contributed by atoms with Crippen molar-refractivity contribution in [1.82, 2.24) is 15.2 Å². The van der Waals surface area contributed by atoms with Crippen LogP contribution in [0, 0.1) is 6.92 Å². The van der Waals surface area contributed by atoms with Gasteiger partial charge in [0.15, 0.2) is 0 Å². The van der Waals surface area contributed by atoms with E-state index < -0.39 is 5.97 Å². The molecular formula is C22H28N4O3. The number of amides is 2. The number of hydrogen-bond donors (Lipinski definition) is 2. The lowest BCUT2D eigenvalue weighted by molar-refractivity contribution is -0.137. The Morgan fingerprint density at radius 2 is 1.86 bits per heavy atom. The van der Waals surface area contributed by atoms with Crippen molar-refractivity contribution in [1.29, 1.82) is 0 Å². The number of carbonyl (C=O) groups is 2. The molecule has 1 saturated heterocycles. The number of benzene rings is 1. The van der Waals surface area contributed by atoms with Gasteiger partial charge in [-0.15, -0.1) is 0 Å². The number of anilines is 1. The highest BCUT2D eigenvalue weighted by Gasteiger charge is 2.24. The van der Waals surface area contributed by atoms with Crippen LogP contribution < -0.4 is 10.2 Å². The van der Waals surface area contributed by atoms with Gasteiger partial charge in [0.2, 0.25) is 0 Å². The van der Waals surface area contributed by atoms with Gasteiger partial charge in [0.05, 0.1) is 11.9 Å². The number of nitrogens with one attached hydrogen (secondary N) is 1. The first kappa shape index (κ1) is 20.6. The zero-order valence-corrected chi connectivity index (χ0v) is 16.8. The summed E-state index contributed by atoms with van der Waals surface area (Å²) in [5, 5.41) is 12.1. The van der Waals surface area contributed by atoms with Crippen molar-refractivity contribution in [3.63, 3.8) is 0 Å². The number of aromatic nitrogens is 1. The number of carbonyl (C=O) groups excluding carboxylic acids is 1. The molecule has 7 nitrogen and oxygen atoms in total. The number of aliphatic carboxylic acids is 1. The Balaban J connectivity index is 1.56. The Bertz CT molecular complexity index is 820. The SMILES string of the molecule is Cc1ccncc1N1CCN(C(=O)NC(CCC(=O)O)Cc2ccccc2)CC1. The predicted octanol–water partition coefficient (Wildman–Crippen LogP) is 2.70. The van der Waals surface area contributed by atoms with Crippen LogP contribution in [0.1, 0.15) is 24.0 Å². The van der Waals surface area contributed by atoms with Gasteiger partial charge in [-0.1, -0.05) is 30.3 Å². The molecule has 2 N–H and O–H groups in total. The molecule has 7 heteroatoms. The van der Waals surface area contributed by atoms with Gasteiger partial charge in [0.25, 0.3) is 0 Å². The molecule has 1 fully saturated rings. The van der Waals surface area contributed by atoms with Crippen LogP contribution in [-0.4, -0.2) is 59.2 Å². The van der Waals surface area contributed by atoms with Gasteiger partial charge in [0, 0.05) is 44.8 Å². The van der Waals surface area contributed by atoms with Gasteiger partial charge in [0.1, 0.15) is 0 Å². The number of nitrogens with zero attached hydrogens (tertiary/aromatic N) is 3. The summed E-state index contributed by atoms with van der Waals surface area (Å²) in [5.41, 5.74) is 3.37. The molecule has 1 unspecified atom stereocenters. The van der Waals surface area contributed by atoms with Crippen molar-refractivity contribution in [3.8, 4) is 0 Å². The topological polar surface area (TPSA) is 85.8 Å². The fraction of sp³-hybridized carbons (Fsp3) is 0.409. The molecule has 2 heterocycles. The van der Waals surface area contributed by atoms with E-state index in [1.807, 2.05) is 42.6 Å². The maximum absolute atomic E-state index is 12.8. The van der Waals surface area contributed by atoms with Gasteiger partial charge in [-0.05, 0) is 37.0 Å². The summed E-state index contributed by atoms with van der Waals surface area (Å²) < 4.78 is 0. The molecule has 0 spiro atoms. The molecular weight excluding hydrogens is 368 g/mol. The van der Waals surface area contributed by atoms with Gasteiger partial charge in [-0.25, -0.2) is 4.79 Å². The minimum Gasteiger partial charge on any atom is -0.481 e. The van der Waals surface area contributed by atoms with E-state index >= 15 is 0 Å². The number of urea groups is 1. The first-order valence-electron chi connectivity index (χ1n) is 9.99. The number of pyridine rings is 1. The van der Waals surface area contributed by atoms with Crippen LogP contribution in [0.3, 0.4) is 0 Å². The fourth-order valence-electron chi connectivity index (χ4n) is 3.62. The average Bonchev–Trinajstić information content (AvgIpc) is 2.73. The monoisotopic (exact) mass is 396 g/mol. The highest BCUT2D eigenvalue weighted by Crippen LogP contribution is 2.19. The highest BCUT2D eigenvalue weighted by molar-refractivity contribution is 5.75. The summed E-state index contributed by atoms with van der Waals surface area (Å²) in [4.78, 5) is 32.1. The van der Waals surface area contributed by atoms with E-state index in [0.717, 1.165) is 24.3 Å². The lowest BCUT2D eigenvalue weighted by atomic mass is 10.0. The Kier molecular flexibility index (Phi) is 7.05. The summed E-state index contributed by atoms with van der Waals surface area (Å²) >= 11 is 0. The van der Waals surface area contributed by atoms with E-state index in [4.69, 9.17) is 5.11 Å². The van der Waals surface area contributed by atoms with Crippen LogP contribution in [0.15, 0.2) is 48.8 Å². The van der Waals surface area contributed by atoms with Crippen molar-refractivity contribution in [2.45, 2.75) is 32.2 Å². The van der Waals surface area contributed by atoms with E-state index in [1.165, 1.54) is 5.56 Å². The number of carboxylic acid groups (broad SMARTS) is 1. The molecule has 3 rings (SSSR count). The third-order valence-corrected chi connectivity index (χ3v) is 5.28. The second-order valence-corrected chi connectivity index (χ2v) is 7.40. The standard InChI is InChI=1S/C22H28N4O3/c1-17-9-10-23-16-20(17)25-11-13-26(14-12-25)22(29)24-19(7-8-21(27)28)15-18-5-3-2-4-6-18/h2-6,9-10,16,19H,7-8,11-15H2,1H3,(H,24,29)(H,27,28). The average molecular weight is 396 g/mol. The summed E-state index contributed by atoms with van der Waals surface area (Å²) in [5.74, 6) is -0.849. The van der Waals surface area contributed by atoms with Crippen LogP contribution >= 0.6 is 0 Å². The second kappa shape index (κ2) is 9.91. The minimum absolute atomic E-state index is 0.0336. The van der Waals surface area contributed by atoms with Crippen LogP contribution in [0.4, 0.5) is 10.5 Å². The molecule has 29 heavy (non-hydrogen) atoms. The van der Waals surface area contributed by atoms with E-state index in [1.54, 1.807) is 11.1 Å². The molecule has 1 aromatic heterocycles. The second-order valence-electron chi connectivity index (χ2n) is 7.40. The minimum atomic E-state index is -0.849. The summed E-state index contributed by atoms with van der Waals surface area (Å²) in [6, 6.07) is 11.5. The normalized spacial score (nSPS) is 15.1. The fourth-order valence-corrected chi connectivity index (χ4v) is 3.62. The summed E-state index contributed by atoms with van der Waals surface area (Å²) in [7, 11) is 0. The first-order valence-corrected chi connectivity index (χ1v) is 9.99. The first-order chi connectivity index (χ1) is 14.0. The molecule has 2 aromatic rings. The zero-order chi connectivity index (χ0) is 20.6. The van der Waals surface area contributed by atoms with E-state index in [9.17, 15) is 9.59 Å². The number of aryl methyl sites for hydroxylation is 1. The zero-order valence-electron chi connectivity index (χ0n) is 16.8. The lowest BCUT2D eigenvalue weighted by Gasteiger charge is -2.37. The Labute approximate surface area is 171 Å². The largest absolute Gasteiger partial charge is 0.481 e. The number of hydrogen-bond acceptors (Lipinski definition) is 4. The number of rotatable bonds is 7. The van der Waals surface area contributed by atoms with E-state index in [-0.39, 0.29) is 18.5 Å². The van der Waals surface area contributed by atoms with Gasteiger partial charge in [-0.2, -0.15) is 0 Å². The Morgan fingerprint density at radius 1 is 1.14 bits per heavy atom. The van der Waals surface area contributed by atoms with E-state index in [2.05, 4.69) is 22.1 Å². The summed E-state index contributed by atoms with van der Waals surface area (Å²) in [6.45, 7) is 4.80. The van der Waals surface area contributed by atoms with Crippen molar-refractivity contribution in [3.05, 3.63) is 59.9 Å². The molecule has 0 bridgehead atoms. The smallest absolute Gasteiger partial charge is 0.317 e. The third kappa shape index (κ3) is 5.94. The predicted molar refractivity (Wildman–Crippen MR) is 112 cm³/mol. The van der Waals surface area contributed by atoms with Crippen molar-refractivity contribution < 1.29 is 14.7 Å². The molecule has 1 aliphatic heterocycles. The van der Waals surface area contributed by atoms with Crippen molar-refractivity contribution in [2.75, 3.05) is 31.1 Å². The molecule has 2 amide bonds. The van der Waals surface area contributed by atoms with Gasteiger partial charge < -0.3 is 20.2 Å². The van der Waals surface area contributed by atoms with Crippen LogP contribution in [-0.2, 0) is 11.2 Å². The maximum atomic E-state index is 12.8. The number of carboxylic acids is 1. The quantitative estimate of drug-likeness (QED) is 0.752. The molecule has 1 aromatic carbocycles. The van der Waals surface area contributed by atoms with Crippen LogP contribution in [0.5, 0.6) is 0 Å². The number of piperazine rings is 1. The highest BCUT2D eigenvalue weighted by atomic mass is 16.4. The molecule has 1 aliphatic rings. The lowest BCUT2D eigenvalue weighted by Crippen LogP contribution is -2.54. The van der Waals surface area contributed by atoms with Crippen LogP contribution in [0.25, 0.3) is 0 Å². The van der Waals surface area contributed by atoms with Crippen molar-refractivity contribution in [2.24, 2.45) is 0 Å². The maximum Gasteiger partial charge on any atom is 0.317 e. The van der Waals surface area contributed by atoms with Crippen molar-refractivity contribution >= 4 is 17.7 Å². The van der Waals surface area contributed by atoms with E-state index in [0.29, 0.717) is 25.9 Å². The summed E-state index contributed by atoms with van der Waals surface area (Å²) in [6.07, 6.45) is 4.71. The molecule has 0 radical (unpaired) electrons. The molecule has 0 saturated carbocycles. The van der Waals surface area contributed by atoms with Crippen LogP contribution in [0.2, 0.25) is 0 Å². The van der Waals surface area contributed by atoms with Gasteiger partial charge in [-0.3, -0.25) is 9.78 Å². The Hall–Kier alpha value is -3.09. The molecule has 1 atom stereocenters. The molecule has 0 aliphatic carbocycles. The Morgan fingerprint density at radius 3 is 2.52 bits per heavy atom.